The normalized spacial score (nSPS) is 9.09. The van der Waals surface area contributed by atoms with E-state index < -0.39 is 5.43 Å². The Balaban J connectivity index is 3.39. The van der Waals surface area contributed by atoms with Crippen molar-refractivity contribution in [1.29, 1.82) is 0 Å². The van der Waals surface area contributed by atoms with E-state index in [-0.39, 0.29) is 11.4 Å². The monoisotopic (exact) mass is 151 g/mol. The number of aromatic hydroxyl groups is 1. The average molecular weight is 151 g/mol. The lowest BCUT2D eigenvalue weighted by atomic mass is 10.4. The van der Waals surface area contributed by atoms with Crippen molar-refractivity contribution in [2.45, 2.75) is 0 Å². The van der Waals surface area contributed by atoms with E-state index in [2.05, 4.69) is 5.18 Å². The molecule has 0 aromatic heterocycles. The summed E-state index contributed by atoms with van der Waals surface area (Å²) in [4.78, 5) is 20.6. The second-order valence-corrected chi connectivity index (χ2v) is 1.93. The molecule has 1 N–H and O–H groups in total. The van der Waals surface area contributed by atoms with Gasteiger partial charge >= 0.3 is 0 Å². The van der Waals surface area contributed by atoms with Crippen molar-refractivity contribution in [3.8, 4) is 5.75 Å². The Morgan fingerprint density at radius 1 is 1.18 bits per heavy atom. The summed E-state index contributed by atoms with van der Waals surface area (Å²) in [5.74, 6) is -0.389. The predicted octanol–water partition coefficient (Wildman–Crippen LogP) is 1.15. The molecule has 4 nitrogen and oxygen atoms in total. The van der Waals surface area contributed by atoms with Gasteiger partial charge in [-0.05, 0) is 29.4 Å². The van der Waals surface area contributed by atoms with Crippen LogP contribution in [0.3, 0.4) is 0 Å². The number of hydrogen-bond acceptors (Lipinski definition) is 4. The van der Waals surface area contributed by atoms with Gasteiger partial charge in [0.1, 0.15) is 5.69 Å². The van der Waals surface area contributed by atoms with Crippen molar-refractivity contribution >= 4 is 5.69 Å². The quantitative estimate of drug-likeness (QED) is 0.612. The highest BCUT2D eigenvalue weighted by Gasteiger charge is 1.92. The van der Waals surface area contributed by atoms with E-state index >= 15 is 0 Å². The Bertz CT molecular complexity index is 335. The third kappa shape index (κ3) is 1.61. The first-order valence-corrected chi connectivity index (χ1v) is 2.91. The minimum atomic E-state index is -0.528. The molecule has 1 aromatic carbocycles. The van der Waals surface area contributed by atoms with Crippen LogP contribution >= 0.6 is 0 Å². The lowest BCUT2D eigenvalue weighted by molar-refractivity contribution is 0.471. The average Bonchev–Trinajstić information content (AvgIpc) is 2.16. The minimum Gasteiger partial charge on any atom is -0.504 e. The second-order valence-electron chi connectivity index (χ2n) is 1.93. The fraction of sp³-hybridized carbons (Fsp3) is 0. The topological polar surface area (TPSA) is 66.7 Å². The molecule has 0 atom stereocenters. The van der Waals surface area contributed by atoms with Gasteiger partial charge in [-0.1, -0.05) is 0 Å². The third-order valence-electron chi connectivity index (χ3n) is 1.18. The SMILES string of the molecule is O=Nc1ccc(O)c(=O)cc1. The van der Waals surface area contributed by atoms with Crippen LogP contribution in [0.1, 0.15) is 0 Å². The Morgan fingerprint density at radius 3 is 2.45 bits per heavy atom. The van der Waals surface area contributed by atoms with Gasteiger partial charge in [0.25, 0.3) is 0 Å². The summed E-state index contributed by atoms with van der Waals surface area (Å²) in [6.45, 7) is 0. The molecule has 1 rings (SSSR count). The van der Waals surface area contributed by atoms with E-state index in [1.165, 1.54) is 12.1 Å². The minimum absolute atomic E-state index is 0.113. The van der Waals surface area contributed by atoms with Gasteiger partial charge in [-0.2, -0.15) is 0 Å². The highest BCUT2D eigenvalue weighted by Crippen LogP contribution is 2.09. The van der Waals surface area contributed by atoms with Gasteiger partial charge in [-0.15, -0.1) is 4.91 Å². The molecule has 0 heterocycles. The molecule has 0 radical (unpaired) electrons. The molecule has 4 heteroatoms. The van der Waals surface area contributed by atoms with E-state index in [4.69, 9.17) is 5.11 Å². The fourth-order valence-corrected chi connectivity index (χ4v) is 0.609. The fourth-order valence-electron chi connectivity index (χ4n) is 0.609. The highest BCUT2D eigenvalue weighted by molar-refractivity contribution is 5.37. The molecule has 0 amide bonds. The Hall–Kier alpha value is -1.71. The maximum Gasteiger partial charge on any atom is 0.220 e. The molecule has 0 aliphatic heterocycles. The van der Waals surface area contributed by atoms with Crippen LogP contribution in [-0.2, 0) is 0 Å². The van der Waals surface area contributed by atoms with Crippen LogP contribution in [0.25, 0.3) is 0 Å². The van der Waals surface area contributed by atoms with Crippen LogP contribution < -0.4 is 5.43 Å². The molecule has 0 spiro atoms. The van der Waals surface area contributed by atoms with Gasteiger partial charge in [0.2, 0.25) is 5.43 Å². The summed E-state index contributed by atoms with van der Waals surface area (Å²) in [6.07, 6.45) is 0. The number of nitrogens with zero attached hydrogens (tertiary/aromatic N) is 1. The smallest absolute Gasteiger partial charge is 0.220 e. The summed E-state index contributed by atoms with van der Waals surface area (Å²) in [5, 5.41) is 11.4. The van der Waals surface area contributed by atoms with Crippen molar-refractivity contribution in [1.82, 2.24) is 0 Å². The third-order valence-corrected chi connectivity index (χ3v) is 1.18. The largest absolute Gasteiger partial charge is 0.504 e. The molecule has 56 valence electrons. The molecule has 0 fully saturated rings. The molecular weight excluding hydrogens is 146 g/mol. The Labute approximate surface area is 62.1 Å². The van der Waals surface area contributed by atoms with Crippen molar-refractivity contribution in [3.63, 3.8) is 0 Å². The zero-order valence-electron chi connectivity index (χ0n) is 5.52. The number of rotatable bonds is 1. The first kappa shape index (κ1) is 7.40. The van der Waals surface area contributed by atoms with Crippen LogP contribution in [0, 0.1) is 4.91 Å². The van der Waals surface area contributed by atoms with Crippen LogP contribution in [0.5, 0.6) is 5.75 Å². The van der Waals surface area contributed by atoms with Crippen molar-refractivity contribution < 1.29 is 5.11 Å². The highest BCUT2D eigenvalue weighted by atomic mass is 16.3. The summed E-state index contributed by atoms with van der Waals surface area (Å²) >= 11 is 0. The van der Waals surface area contributed by atoms with Crippen molar-refractivity contribution in [2.75, 3.05) is 0 Å². The standard InChI is InChI=1S/C7H5NO3/c9-6-3-1-5(8-11)2-4-7(6)10/h1-4H,(H,9,10). The van der Waals surface area contributed by atoms with Crippen LogP contribution in [-0.4, -0.2) is 5.11 Å². The van der Waals surface area contributed by atoms with E-state index in [0.29, 0.717) is 0 Å². The van der Waals surface area contributed by atoms with Gasteiger partial charge in [0.05, 0.1) is 0 Å². The van der Waals surface area contributed by atoms with Crippen LogP contribution in [0.15, 0.2) is 34.2 Å². The van der Waals surface area contributed by atoms with Crippen LogP contribution in [0.2, 0.25) is 0 Å². The van der Waals surface area contributed by atoms with Gasteiger partial charge < -0.3 is 5.11 Å². The lowest BCUT2D eigenvalue weighted by Crippen LogP contribution is -1.90. The first-order chi connectivity index (χ1) is 5.24. The predicted molar refractivity (Wildman–Crippen MR) is 39.8 cm³/mol. The number of nitroso groups, excluding NO2 is 1. The molecule has 0 aliphatic rings. The molecule has 0 saturated heterocycles. The first-order valence-electron chi connectivity index (χ1n) is 2.91. The van der Waals surface area contributed by atoms with E-state index in [1.54, 1.807) is 0 Å². The summed E-state index contributed by atoms with van der Waals surface area (Å²) in [7, 11) is 0. The lowest BCUT2D eigenvalue weighted by Gasteiger charge is -1.75. The number of hydrogen-bond donors (Lipinski definition) is 1. The molecular formula is C7H5NO3. The van der Waals surface area contributed by atoms with E-state index in [0.717, 1.165) is 12.1 Å². The van der Waals surface area contributed by atoms with Gasteiger partial charge in [0, 0.05) is 0 Å². The maximum absolute atomic E-state index is 10.7. The summed E-state index contributed by atoms with van der Waals surface area (Å²) < 4.78 is 0. The molecule has 11 heavy (non-hydrogen) atoms. The zero-order valence-corrected chi connectivity index (χ0v) is 5.52. The molecule has 0 aliphatic carbocycles. The maximum atomic E-state index is 10.7. The summed E-state index contributed by atoms with van der Waals surface area (Å²) in [5.41, 5.74) is -0.415. The summed E-state index contributed by atoms with van der Waals surface area (Å²) in [6, 6.07) is 4.74. The van der Waals surface area contributed by atoms with E-state index in [9.17, 15) is 9.70 Å². The Kier molecular flexibility index (Phi) is 1.96. The second kappa shape index (κ2) is 2.92. The van der Waals surface area contributed by atoms with Crippen molar-refractivity contribution in [2.24, 2.45) is 5.18 Å². The van der Waals surface area contributed by atoms with Crippen LogP contribution in [0.4, 0.5) is 5.69 Å². The molecule has 1 aromatic rings. The van der Waals surface area contributed by atoms with E-state index in [1.807, 2.05) is 0 Å². The zero-order chi connectivity index (χ0) is 8.27. The van der Waals surface area contributed by atoms with Gasteiger partial charge in [-0.3, -0.25) is 4.79 Å². The Morgan fingerprint density at radius 2 is 1.82 bits per heavy atom. The molecule has 0 bridgehead atoms. The van der Waals surface area contributed by atoms with Crippen molar-refractivity contribution in [3.05, 3.63) is 39.4 Å². The molecule has 0 unspecified atom stereocenters. The molecule has 0 saturated carbocycles. The van der Waals surface area contributed by atoms with Gasteiger partial charge in [-0.25, -0.2) is 0 Å². The van der Waals surface area contributed by atoms with Gasteiger partial charge in [0.15, 0.2) is 5.75 Å².